The summed E-state index contributed by atoms with van der Waals surface area (Å²) in [5.74, 6) is 0.0787. The molecule has 3 nitrogen and oxygen atoms in total. The number of amides is 1. The van der Waals surface area contributed by atoms with Gasteiger partial charge in [0.15, 0.2) is 0 Å². The molecule has 0 atom stereocenters. The molecule has 1 amide bonds. The predicted octanol–water partition coefficient (Wildman–Crippen LogP) is 5.74. The minimum absolute atomic E-state index is 0.0787. The van der Waals surface area contributed by atoms with Crippen molar-refractivity contribution in [1.82, 2.24) is 5.43 Å². The second-order valence-electron chi connectivity index (χ2n) is 7.52. The van der Waals surface area contributed by atoms with Crippen molar-refractivity contribution in [3.05, 3.63) is 0 Å². The Morgan fingerprint density at radius 2 is 1.50 bits per heavy atom. The topological polar surface area (TPSA) is 41.5 Å². The van der Waals surface area contributed by atoms with E-state index in [1.807, 2.05) is 6.21 Å². The van der Waals surface area contributed by atoms with Gasteiger partial charge in [0.25, 0.3) is 0 Å². The first-order valence-electron chi connectivity index (χ1n) is 9.26. The minimum atomic E-state index is -1.79. The summed E-state index contributed by atoms with van der Waals surface area (Å²) in [5.41, 5.74) is 2.65. The van der Waals surface area contributed by atoms with Gasteiger partial charge in [0.1, 0.15) is 0 Å². The van der Waals surface area contributed by atoms with E-state index in [0.29, 0.717) is 6.42 Å². The first kappa shape index (κ1) is 21.9. The van der Waals surface area contributed by atoms with Crippen LogP contribution in [0, 0.1) is 0 Å². The number of hydrogen-bond acceptors (Lipinski definition) is 2. The fraction of sp³-hybridized carbons (Fsp3) is 0.889. The van der Waals surface area contributed by atoms with Crippen LogP contribution in [0.5, 0.6) is 0 Å². The molecule has 0 aliphatic heterocycles. The van der Waals surface area contributed by atoms with E-state index in [-0.39, 0.29) is 5.91 Å². The predicted molar refractivity (Wildman–Crippen MR) is 101 cm³/mol. The van der Waals surface area contributed by atoms with E-state index < -0.39 is 18.4 Å². The van der Waals surface area contributed by atoms with Gasteiger partial charge < -0.3 is 0 Å². The summed E-state index contributed by atoms with van der Waals surface area (Å²) in [5, 5.41) is 4.04. The van der Waals surface area contributed by atoms with E-state index in [1.54, 1.807) is 0 Å². The molecule has 4 heteroatoms. The molecule has 0 fully saturated rings. The molecule has 0 rings (SSSR count). The summed E-state index contributed by atoms with van der Waals surface area (Å²) in [6, 6.07) is 0. The summed E-state index contributed by atoms with van der Waals surface area (Å²) in [6.07, 6.45) is 15.6. The standard InChI is InChI=1S/C15H29N2O.3CH3.Sn/c1-3-5-6-7-8-9-10-11-12-13-14-16-17-15(18)4-2;;;;/h14H,2-13H2,1H3,(H,17,18);3*1H3;. The van der Waals surface area contributed by atoms with Crippen LogP contribution in [0.3, 0.4) is 0 Å². The number of nitrogens with one attached hydrogen (secondary N) is 1. The van der Waals surface area contributed by atoms with Crippen LogP contribution in [0.25, 0.3) is 0 Å². The van der Waals surface area contributed by atoms with Crippen molar-refractivity contribution in [1.29, 1.82) is 0 Å². The quantitative estimate of drug-likeness (QED) is 0.167. The number of hydrogen-bond donors (Lipinski definition) is 1. The van der Waals surface area contributed by atoms with Gasteiger partial charge >= 0.3 is 110 Å². The summed E-state index contributed by atoms with van der Waals surface area (Å²) < 4.78 is 1.11. The molecule has 0 aliphatic carbocycles. The van der Waals surface area contributed by atoms with E-state index in [2.05, 4.69) is 32.3 Å². The van der Waals surface area contributed by atoms with Crippen LogP contribution < -0.4 is 5.43 Å². The Balaban J connectivity index is 3.32. The molecular formula is C18H38N2OSn. The zero-order chi connectivity index (χ0) is 16.7. The van der Waals surface area contributed by atoms with Crippen LogP contribution in [0.1, 0.15) is 77.6 Å². The zero-order valence-corrected chi connectivity index (χ0v) is 18.3. The van der Waals surface area contributed by atoms with Gasteiger partial charge in [-0.2, -0.15) is 0 Å². The SMILES string of the molecule is CCCCCCCCCCCC=NNC(=O)C[CH2][Sn]([CH3])([CH3])[CH3]. The number of nitrogens with zero attached hydrogens (tertiary/aromatic N) is 1. The molecule has 0 saturated carbocycles. The third kappa shape index (κ3) is 18.0. The van der Waals surface area contributed by atoms with Crippen molar-refractivity contribution < 1.29 is 4.79 Å². The van der Waals surface area contributed by atoms with Gasteiger partial charge in [0.2, 0.25) is 0 Å². The van der Waals surface area contributed by atoms with E-state index >= 15 is 0 Å². The van der Waals surface area contributed by atoms with Gasteiger partial charge in [-0.1, -0.05) is 32.6 Å². The summed E-state index contributed by atoms with van der Waals surface area (Å²) in [4.78, 5) is 18.6. The van der Waals surface area contributed by atoms with Gasteiger partial charge in [0, 0.05) is 0 Å². The number of rotatable bonds is 14. The average molecular weight is 417 g/mol. The van der Waals surface area contributed by atoms with Crippen molar-refractivity contribution in [3.8, 4) is 0 Å². The first-order valence-corrected chi connectivity index (χ1v) is 19.8. The van der Waals surface area contributed by atoms with Gasteiger partial charge in [-0.15, -0.1) is 0 Å². The Morgan fingerprint density at radius 3 is 2.05 bits per heavy atom. The monoisotopic (exact) mass is 418 g/mol. The number of unbranched alkanes of at least 4 members (excludes halogenated alkanes) is 9. The second kappa shape index (κ2) is 14.5. The fourth-order valence-electron chi connectivity index (χ4n) is 2.27. The summed E-state index contributed by atoms with van der Waals surface area (Å²) >= 11 is -1.79. The van der Waals surface area contributed by atoms with E-state index in [9.17, 15) is 4.79 Å². The molecule has 0 radical (unpaired) electrons. The molecule has 0 bridgehead atoms. The molecule has 22 heavy (non-hydrogen) atoms. The molecule has 0 aromatic carbocycles. The Labute approximate surface area is 142 Å². The molecule has 130 valence electrons. The third-order valence-electron chi connectivity index (χ3n) is 3.82. The Kier molecular flexibility index (Phi) is 14.5. The van der Waals surface area contributed by atoms with E-state index in [0.717, 1.165) is 10.9 Å². The summed E-state index contributed by atoms with van der Waals surface area (Å²) in [7, 11) is 0. The molecule has 0 aromatic heterocycles. The van der Waals surface area contributed by atoms with Crippen molar-refractivity contribution in [2.24, 2.45) is 5.10 Å². The van der Waals surface area contributed by atoms with Crippen molar-refractivity contribution in [2.75, 3.05) is 0 Å². The van der Waals surface area contributed by atoms with Gasteiger partial charge in [-0.3, -0.25) is 0 Å². The van der Waals surface area contributed by atoms with Crippen LogP contribution in [0.2, 0.25) is 19.3 Å². The second-order valence-corrected chi connectivity index (χ2v) is 23.6. The summed E-state index contributed by atoms with van der Waals surface area (Å²) in [6.45, 7) is 2.26. The molecule has 0 unspecified atom stereocenters. The molecule has 0 aromatic rings. The molecule has 0 heterocycles. The third-order valence-corrected chi connectivity index (χ3v) is 8.81. The van der Waals surface area contributed by atoms with Crippen LogP contribution >= 0.6 is 0 Å². The average Bonchev–Trinajstić information content (AvgIpc) is 2.45. The normalized spacial score (nSPS) is 12.0. The Hall–Kier alpha value is -0.0613. The van der Waals surface area contributed by atoms with Crippen LogP contribution in [-0.4, -0.2) is 30.5 Å². The van der Waals surface area contributed by atoms with Crippen molar-refractivity contribution in [2.45, 2.75) is 96.8 Å². The van der Waals surface area contributed by atoms with Crippen LogP contribution in [0.15, 0.2) is 5.10 Å². The van der Waals surface area contributed by atoms with Gasteiger partial charge in [0.05, 0.1) is 0 Å². The molecule has 0 aliphatic rings. The molecule has 0 saturated heterocycles. The zero-order valence-electron chi connectivity index (χ0n) is 15.4. The number of hydrazone groups is 1. The van der Waals surface area contributed by atoms with Crippen LogP contribution in [-0.2, 0) is 4.79 Å². The van der Waals surface area contributed by atoms with E-state index in [1.165, 1.54) is 57.8 Å². The number of carbonyl (C=O) groups excluding carboxylic acids is 1. The van der Waals surface area contributed by atoms with Crippen molar-refractivity contribution >= 4 is 30.5 Å². The van der Waals surface area contributed by atoms with Gasteiger partial charge in [-0.25, -0.2) is 0 Å². The molecule has 0 spiro atoms. The molecule has 1 N–H and O–H groups in total. The van der Waals surface area contributed by atoms with Crippen molar-refractivity contribution in [3.63, 3.8) is 0 Å². The first-order chi connectivity index (χ1) is 10.5. The fourth-order valence-corrected chi connectivity index (χ4v) is 5.06. The van der Waals surface area contributed by atoms with Crippen LogP contribution in [0.4, 0.5) is 0 Å². The maximum atomic E-state index is 11.6. The van der Waals surface area contributed by atoms with E-state index in [4.69, 9.17) is 0 Å². The van der Waals surface area contributed by atoms with Gasteiger partial charge in [-0.05, 0) is 0 Å². The molecular weight excluding hydrogens is 379 g/mol. The number of carbonyl (C=O) groups is 1. The maximum absolute atomic E-state index is 11.6. The Morgan fingerprint density at radius 1 is 0.955 bits per heavy atom. The Bertz CT molecular complexity index is 298.